The lowest BCUT2D eigenvalue weighted by atomic mass is 10.1. The molecule has 0 spiro atoms. The highest BCUT2D eigenvalue weighted by molar-refractivity contribution is 6.22. The first-order valence-corrected chi connectivity index (χ1v) is 6.38. The number of halogens is 6. The molecule has 1 aliphatic rings. The lowest BCUT2D eigenvalue weighted by molar-refractivity contribution is -0.275. The van der Waals surface area contributed by atoms with Gasteiger partial charge in [0.1, 0.15) is 11.5 Å². The highest BCUT2D eigenvalue weighted by atomic mass is 19.4. The third-order valence-corrected chi connectivity index (χ3v) is 3.23. The summed E-state index contributed by atoms with van der Waals surface area (Å²) in [6.07, 6.45) is -9.84. The Morgan fingerprint density at radius 2 is 1.00 bits per heavy atom. The quantitative estimate of drug-likeness (QED) is 0.630. The topological polar surface area (TPSA) is 35.5 Å². The molecule has 3 nitrogen and oxygen atoms in total. The predicted molar refractivity (Wildman–Crippen MR) is 68.7 cm³/mol. The standard InChI is InChI=1S/C15H6F6O3/c16-14(17,18)23-7-1-3-9-10-4-2-8(24-15(19,20)21)6-12(10)13(22)11(9)5-7/h1-6H. The van der Waals surface area contributed by atoms with Crippen LogP contribution in [-0.4, -0.2) is 18.5 Å². The summed E-state index contributed by atoms with van der Waals surface area (Å²) in [5.74, 6) is -1.89. The van der Waals surface area contributed by atoms with Gasteiger partial charge in [-0.15, -0.1) is 26.3 Å². The van der Waals surface area contributed by atoms with Gasteiger partial charge in [-0.05, 0) is 47.5 Å². The maximum absolute atomic E-state index is 12.3. The highest BCUT2D eigenvalue weighted by Crippen LogP contribution is 2.41. The lowest BCUT2D eigenvalue weighted by Crippen LogP contribution is -2.17. The minimum absolute atomic E-state index is 0.0871. The van der Waals surface area contributed by atoms with Crippen molar-refractivity contribution in [2.24, 2.45) is 0 Å². The number of hydrogen-bond donors (Lipinski definition) is 0. The number of rotatable bonds is 2. The van der Waals surface area contributed by atoms with Crippen molar-refractivity contribution in [1.82, 2.24) is 0 Å². The van der Waals surface area contributed by atoms with Crippen LogP contribution in [0.4, 0.5) is 26.3 Å². The van der Waals surface area contributed by atoms with Crippen LogP contribution in [0.1, 0.15) is 15.9 Å². The van der Waals surface area contributed by atoms with Crippen LogP contribution in [0.5, 0.6) is 11.5 Å². The molecule has 0 fully saturated rings. The molecule has 24 heavy (non-hydrogen) atoms. The van der Waals surface area contributed by atoms with Gasteiger partial charge in [0.25, 0.3) is 0 Å². The summed E-state index contributed by atoms with van der Waals surface area (Å²) < 4.78 is 80.9. The first-order valence-electron chi connectivity index (χ1n) is 6.38. The van der Waals surface area contributed by atoms with Crippen molar-refractivity contribution in [3.8, 4) is 22.6 Å². The molecule has 0 unspecified atom stereocenters. The number of carbonyl (C=O) groups is 1. The Morgan fingerprint density at radius 1 is 0.625 bits per heavy atom. The van der Waals surface area contributed by atoms with Gasteiger partial charge < -0.3 is 9.47 Å². The molecule has 1 aliphatic carbocycles. The van der Waals surface area contributed by atoms with E-state index in [1.165, 1.54) is 12.1 Å². The SMILES string of the molecule is O=C1c2cc(OC(F)(F)F)ccc2-c2ccc(OC(F)(F)F)cc21. The summed E-state index contributed by atoms with van der Waals surface area (Å²) in [7, 11) is 0. The number of carbonyl (C=O) groups excluding carboxylic acids is 1. The van der Waals surface area contributed by atoms with Crippen LogP contribution in [0.3, 0.4) is 0 Å². The first kappa shape index (κ1) is 16.2. The van der Waals surface area contributed by atoms with Crippen LogP contribution >= 0.6 is 0 Å². The molecule has 0 amide bonds. The molecule has 0 atom stereocenters. The van der Waals surface area contributed by atoms with Gasteiger partial charge in [-0.25, -0.2) is 0 Å². The van der Waals surface area contributed by atoms with Crippen LogP contribution < -0.4 is 9.47 Å². The number of benzene rings is 2. The van der Waals surface area contributed by atoms with Crippen molar-refractivity contribution >= 4 is 5.78 Å². The molecule has 0 heterocycles. The summed E-state index contributed by atoms with van der Waals surface area (Å²) in [4.78, 5) is 12.3. The Bertz CT molecular complexity index is 755. The average molecular weight is 348 g/mol. The van der Waals surface area contributed by atoms with Crippen molar-refractivity contribution in [3.05, 3.63) is 47.5 Å². The second-order valence-corrected chi connectivity index (χ2v) is 4.84. The molecule has 2 aromatic rings. The molecule has 0 saturated carbocycles. The van der Waals surface area contributed by atoms with E-state index in [2.05, 4.69) is 9.47 Å². The van der Waals surface area contributed by atoms with Crippen molar-refractivity contribution in [2.45, 2.75) is 12.7 Å². The molecule has 0 N–H and O–H groups in total. The molecular formula is C15H6F6O3. The Labute approximate surface area is 130 Å². The van der Waals surface area contributed by atoms with Gasteiger partial charge in [0.15, 0.2) is 5.78 Å². The van der Waals surface area contributed by atoms with Crippen molar-refractivity contribution in [1.29, 1.82) is 0 Å². The van der Waals surface area contributed by atoms with E-state index in [1.54, 1.807) is 0 Å². The van der Waals surface area contributed by atoms with Crippen molar-refractivity contribution in [2.75, 3.05) is 0 Å². The monoisotopic (exact) mass is 348 g/mol. The van der Waals surface area contributed by atoms with E-state index in [0.717, 1.165) is 24.3 Å². The van der Waals surface area contributed by atoms with Gasteiger partial charge in [0, 0.05) is 11.1 Å². The Kier molecular flexibility index (Phi) is 3.47. The summed E-state index contributed by atoms with van der Waals surface area (Å²) in [5.41, 5.74) is 0.443. The van der Waals surface area contributed by atoms with Crippen LogP contribution in [0.25, 0.3) is 11.1 Å². The largest absolute Gasteiger partial charge is 0.573 e. The van der Waals surface area contributed by atoms with Crippen LogP contribution in [0.15, 0.2) is 36.4 Å². The molecule has 0 aliphatic heterocycles. The van der Waals surface area contributed by atoms with E-state index in [-0.39, 0.29) is 11.1 Å². The fraction of sp³-hybridized carbons (Fsp3) is 0.133. The Balaban J connectivity index is 1.98. The Hall–Kier alpha value is -2.71. The van der Waals surface area contributed by atoms with Crippen molar-refractivity contribution < 1.29 is 40.6 Å². The second-order valence-electron chi connectivity index (χ2n) is 4.84. The molecule has 0 saturated heterocycles. The molecule has 9 heteroatoms. The van der Waals surface area contributed by atoms with Gasteiger partial charge in [0.2, 0.25) is 0 Å². The minimum atomic E-state index is -4.92. The Morgan fingerprint density at radius 3 is 1.33 bits per heavy atom. The third-order valence-electron chi connectivity index (χ3n) is 3.23. The van der Waals surface area contributed by atoms with E-state index in [1.807, 2.05) is 0 Å². The molecule has 0 radical (unpaired) electrons. The van der Waals surface area contributed by atoms with Crippen LogP contribution in [0.2, 0.25) is 0 Å². The molecule has 0 aromatic heterocycles. The summed E-state index contributed by atoms with van der Waals surface area (Å²) in [5, 5.41) is 0. The summed E-state index contributed by atoms with van der Waals surface area (Å²) in [6, 6.07) is 6.32. The van der Waals surface area contributed by atoms with Crippen LogP contribution in [0, 0.1) is 0 Å². The van der Waals surface area contributed by atoms with E-state index < -0.39 is 30.0 Å². The molecular weight excluding hydrogens is 342 g/mol. The minimum Gasteiger partial charge on any atom is -0.406 e. The van der Waals surface area contributed by atoms with E-state index in [0.29, 0.717) is 11.1 Å². The van der Waals surface area contributed by atoms with Gasteiger partial charge >= 0.3 is 12.7 Å². The average Bonchev–Trinajstić information content (AvgIpc) is 2.68. The maximum Gasteiger partial charge on any atom is 0.573 e. The maximum atomic E-state index is 12.3. The highest BCUT2D eigenvalue weighted by Gasteiger charge is 2.35. The van der Waals surface area contributed by atoms with Crippen LogP contribution in [-0.2, 0) is 0 Å². The predicted octanol–water partition coefficient (Wildman–Crippen LogP) is 4.70. The third kappa shape index (κ3) is 3.15. The van der Waals surface area contributed by atoms with E-state index in [4.69, 9.17) is 0 Å². The number of fused-ring (bicyclic) bond motifs is 3. The van der Waals surface area contributed by atoms with Gasteiger partial charge in [-0.2, -0.15) is 0 Å². The van der Waals surface area contributed by atoms with Crippen molar-refractivity contribution in [3.63, 3.8) is 0 Å². The van der Waals surface area contributed by atoms with Gasteiger partial charge in [0.05, 0.1) is 0 Å². The lowest BCUT2D eigenvalue weighted by Gasteiger charge is -2.10. The first-order chi connectivity index (χ1) is 11.0. The molecule has 2 aromatic carbocycles. The van der Waals surface area contributed by atoms with E-state index in [9.17, 15) is 31.1 Å². The molecule has 126 valence electrons. The zero-order chi connectivity index (χ0) is 17.7. The summed E-state index contributed by atoms with van der Waals surface area (Å²) >= 11 is 0. The van der Waals surface area contributed by atoms with E-state index >= 15 is 0 Å². The smallest absolute Gasteiger partial charge is 0.406 e. The number of alkyl halides is 6. The normalized spacial score (nSPS) is 13.5. The zero-order valence-corrected chi connectivity index (χ0v) is 11.5. The van der Waals surface area contributed by atoms with Gasteiger partial charge in [-0.1, -0.05) is 0 Å². The zero-order valence-electron chi connectivity index (χ0n) is 11.5. The van der Waals surface area contributed by atoms with Gasteiger partial charge in [-0.3, -0.25) is 4.79 Å². The fourth-order valence-electron chi connectivity index (χ4n) is 2.43. The summed E-state index contributed by atoms with van der Waals surface area (Å²) in [6.45, 7) is 0. The number of ketones is 1. The molecule has 0 bridgehead atoms. The number of ether oxygens (including phenoxy) is 2. The number of hydrogen-bond acceptors (Lipinski definition) is 3. The second kappa shape index (κ2) is 5.15. The molecule has 3 rings (SSSR count). The fourth-order valence-corrected chi connectivity index (χ4v) is 2.43.